The van der Waals surface area contributed by atoms with E-state index in [0.29, 0.717) is 23.3 Å². The summed E-state index contributed by atoms with van der Waals surface area (Å²) in [6.07, 6.45) is 4.45. The van der Waals surface area contributed by atoms with E-state index in [9.17, 15) is 18.0 Å². The summed E-state index contributed by atoms with van der Waals surface area (Å²) in [5.41, 5.74) is 1.17. The van der Waals surface area contributed by atoms with Gasteiger partial charge in [0.2, 0.25) is 0 Å². The highest BCUT2D eigenvalue weighted by molar-refractivity contribution is 7.91. The number of benzene rings is 2. The Morgan fingerprint density at radius 1 is 0.871 bits per heavy atom. The molecule has 7 heteroatoms. The Bertz CT molecular complexity index is 1030. The number of carbonyl (C=O) groups is 2. The van der Waals surface area contributed by atoms with E-state index in [-0.39, 0.29) is 41.9 Å². The monoisotopic (exact) mass is 441 g/mol. The molecule has 2 aromatic carbocycles. The standard InChI is InChI=1S/C24H27NO5S/c26-23(25(20-8-4-5-9-20)21-14-15-31(28,29)17-21)16-30-22-12-10-19(11-13-22)24(27)18-6-2-1-3-7-18/h1-3,6-7,10-13,20-21H,4-5,8-9,14-17H2. The number of carbonyl (C=O) groups excluding carboxylic acids is 2. The SMILES string of the molecule is O=C(c1ccccc1)c1ccc(OCC(=O)N(C2CCCC2)C2CCS(=O)(=O)C2)cc1. The van der Waals surface area contributed by atoms with Crippen molar-refractivity contribution in [2.45, 2.75) is 44.2 Å². The van der Waals surface area contributed by atoms with Gasteiger partial charge in [-0.15, -0.1) is 0 Å². The van der Waals surface area contributed by atoms with Crippen LogP contribution in [0.25, 0.3) is 0 Å². The Balaban J connectivity index is 1.40. The minimum absolute atomic E-state index is 0.0472. The van der Waals surface area contributed by atoms with Gasteiger partial charge in [-0.2, -0.15) is 0 Å². The van der Waals surface area contributed by atoms with Crippen molar-refractivity contribution in [1.82, 2.24) is 4.90 Å². The number of rotatable bonds is 7. The molecule has 1 saturated heterocycles. The predicted molar refractivity (Wildman–Crippen MR) is 118 cm³/mol. The minimum Gasteiger partial charge on any atom is -0.484 e. The Morgan fingerprint density at radius 3 is 2.13 bits per heavy atom. The molecule has 0 spiro atoms. The fourth-order valence-corrected chi connectivity index (χ4v) is 6.27. The van der Waals surface area contributed by atoms with Crippen LogP contribution in [0.3, 0.4) is 0 Å². The molecule has 1 saturated carbocycles. The molecule has 1 aliphatic heterocycles. The Hall–Kier alpha value is -2.67. The van der Waals surface area contributed by atoms with Crippen molar-refractivity contribution in [3.8, 4) is 5.75 Å². The number of hydrogen-bond acceptors (Lipinski definition) is 5. The lowest BCUT2D eigenvalue weighted by Crippen LogP contribution is -2.48. The van der Waals surface area contributed by atoms with E-state index in [1.165, 1.54) is 0 Å². The third-order valence-electron chi connectivity index (χ3n) is 6.12. The number of ether oxygens (including phenoxy) is 1. The lowest BCUT2D eigenvalue weighted by molar-refractivity contribution is -0.137. The summed E-state index contributed by atoms with van der Waals surface area (Å²) in [6, 6.07) is 15.6. The normalized spacial score (nSPS) is 20.5. The highest BCUT2D eigenvalue weighted by atomic mass is 32.2. The van der Waals surface area contributed by atoms with Crippen LogP contribution in [0.1, 0.15) is 48.0 Å². The largest absolute Gasteiger partial charge is 0.484 e. The van der Waals surface area contributed by atoms with Gasteiger partial charge in [-0.05, 0) is 43.5 Å². The van der Waals surface area contributed by atoms with Crippen molar-refractivity contribution in [2.24, 2.45) is 0 Å². The van der Waals surface area contributed by atoms with Crippen LogP contribution in [0, 0.1) is 0 Å². The van der Waals surface area contributed by atoms with Crippen molar-refractivity contribution >= 4 is 21.5 Å². The molecule has 1 unspecified atom stereocenters. The van der Waals surface area contributed by atoms with Gasteiger partial charge in [0.15, 0.2) is 22.2 Å². The van der Waals surface area contributed by atoms with Crippen LogP contribution in [0.2, 0.25) is 0 Å². The van der Waals surface area contributed by atoms with Crippen LogP contribution >= 0.6 is 0 Å². The Kier molecular flexibility index (Phi) is 6.41. The van der Waals surface area contributed by atoms with Crippen LogP contribution in [-0.2, 0) is 14.6 Å². The zero-order chi connectivity index (χ0) is 21.8. The van der Waals surface area contributed by atoms with Crippen LogP contribution in [0.15, 0.2) is 54.6 Å². The molecular weight excluding hydrogens is 414 g/mol. The molecule has 6 nitrogen and oxygen atoms in total. The second kappa shape index (κ2) is 9.22. The molecule has 2 aromatic rings. The molecule has 0 radical (unpaired) electrons. The maximum Gasteiger partial charge on any atom is 0.261 e. The highest BCUT2D eigenvalue weighted by Crippen LogP contribution is 2.29. The molecule has 164 valence electrons. The maximum atomic E-state index is 13.0. The second-order valence-electron chi connectivity index (χ2n) is 8.30. The average molecular weight is 442 g/mol. The van der Waals surface area contributed by atoms with Gasteiger partial charge >= 0.3 is 0 Å². The van der Waals surface area contributed by atoms with Gasteiger partial charge in [0, 0.05) is 23.2 Å². The van der Waals surface area contributed by atoms with Gasteiger partial charge in [0.05, 0.1) is 11.5 Å². The van der Waals surface area contributed by atoms with Crippen molar-refractivity contribution in [2.75, 3.05) is 18.1 Å². The van der Waals surface area contributed by atoms with E-state index in [4.69, 9.17) is 4.74 Å². The van der Waals surface area contributed by atoms with Gasteiger partial charge in [-0.3, -0.25) is 9.59 Å². The van der Waals surface area contributed by atoms with E-state index >= 15 is 0 Å². The Morgan fingerprint density at radius 2 is 1.52 bits per heavy atom. The molecule has 2 fully saturated rings. The molecule has 0 N–H and O–H groups in total. The molecule has 0 bridgehead atoms. The zero-order valence-corrected chi connectivity index (χ0v) is 18.2. The van der Waals surface area contributed by atoms with E-state index in [1.807, 2.05) is 18.2 Å². The smallest absolute Gasteiger partial charge is 0.261 e. The molecule has 1 amide bonds. The lowest BCUT2D eigenvalue weighted by atomic mass is 10.0. The van der Waals surface area contributed by atoms with Crippen molar-refractivity contribution < 1.29 is 22.7 Å². The fraction of sp³-hybridized carbons (Fsp3) is 0.417. The fourth-order valence-electron chi connectivity index (χ4n) is 4.56. The van der Waals surface area contributed by atoms with Gasteiger partial charge < -0.3 is 9.64 Å². The maximum absolute atomic E-state index is 13.0. The van der Waals surface area contributed by atoms with E-state index in [0.717, 1.165) is 25.7 Å². The molecular formula is C24H27NO5S. The first-order valence-electron chi connectivity index (χ1n) is 10.8. The van der Waals surface area contributed by atoms with Crippen LogP contribution in [-0.4, -0.2) is 55.2 Å². The number of hydrogen-bond donors (Lipinski definition) is 0. The molecule has 1 heterocycles. The summed E-state index contributed by atoms with van der Waals surface area (Å²) in [6.45, 7) is -0.140. The average Bonchev–Trinajstić information content (AvgIpc) is 3.43. The summed E-state index contributed by atoms with van der Waals surface area (Å²) in [5, 5.41) is 0. The van der Waals surface area contributed by atoms with E-state index < -0.39 is 9.84 Å². The summed E-state index contributed by atoms with van der Waals surface area (Å²) in [4.78, 5) is 27.3. The second-order valence-corrected chi connectivity index (χ2v) is 10.5. The number of nitrogens with zero attached hydrogens (tertiary/aromatic N) is 1. The molecule has 31 heavy (non-hydrogen) atoms. The van der Waals surface area contributed by atoms with Crippen molar-refractivity contribution in [1.29, 1.82) is 0 Å². The number of ketones is 1. The van der Waals surface area contributed by atoms with Crippen molar-refractivity contribution in [3.05, 3.63) is 65.7 Å². The van der Waals surface area contributed by atoms with Crippen LogP contribution in [0.5, 0.6) is 5.75 Å². The number of amides is 1. The first-order chi connectivity index (χ1) is 14.9. The van der Waals surface area contributed by atoms with Crippen LogP contribution in [0.4, 0.5) is 0 Å². The summed E-state index contributed by atoms with van der Waals surface area (Å²) < 4.78 is 29.6. The third-order valence-corrected chi connectivity index (χ3v) is 7.87. The summed E-state index contributed by atoms with van der Waals surface area (Å²) in [5.74, 6) is 0.456. The van der Waals surface area contributed by atoms with Gasteiger partial charge in [-0.25, -0.2) is 8.42 Å². The van der Waals surface area contributed by atoms with Gasteiger partial charge in [-0.1, -0.05) is 43.2 Å². The Labute approximate surface area is 183 Å². The summed E-state index contributed by atoms with van der Waals surface area (Å²) in [7, 11) is -3.07. The summed E-state index contributed by atoms with van der Waals surface area (Å²) >= 11 is 0. The predicted octanol–water partition coefficient (Wildman–Crippen LogP) is 3.25. The van der Waals surface area contributed by atoms with Gasteiger partial charge in [0.25, 0.3) is 5.91 Å². The number of sulfone groups is 1. The highest BCUT2D eigenvalue weighted by Gasteiger charge is 2.39. The zero-order valence-electron chi connectivity index (χ0n) is 17.4. The van der Waals surface area contributed by atoms with Crippen LogP contribution < -0.4 is 4.74 Å². The first kappa shape index (κ1) is 21.6. The molecule has 4 rings (SSSR count). The molecule has 2 aliphatic rings. The quantitative estimate of drug-likeness (QED) is 0.616. The molecule has 1 atom stereocenters. The molecule has 0 aromatic heterocycles. The minimum atomic E-state index is -3.07. The van der Waals surface area contributed by atoms with E-state index in [2.05, 4.69) is 0 Å². The molecule has 1 aliphatic carbocycles. The van der Waals surface area contributed by atoms with Gasteiger partial charge in [0.1, 0.15) is 5.75 Å². The lowest BCUT2D eigenvalue weighted by Gasteiger charge is -2.34. The topological polar surface area (TPSA) is 80.8 Å². The van der Waals surface area contributed by atoms with Crippen molar-refractivity contribution in [3.63, 3.8) is 0 Å². The first-order valence-corrected chi connectivity index (χ1v) is 12.6. The van der Waals surface area contributed by atoms with E-state index in [1.54, 1.807) is 41.3 Å². The third kappa shape index (κ3) is 5.15.